The summed E-state index contributed by atoms with van der Waals surface area (Å²) in [4.78, 5) is 0. The summed E-state index contributed by atoms with van der Waals surface area (Å²) in [5, 5.41) is 10.4. The number of rotatable bonds is 8. The van der Waals surface area contributed by atoms with Crippen LogP contribution in [0.2, 0.25) is 0 Å². The molecule has 3 rings (SSSR count). The van der Waals surface area contributed by atoms with Crippen LogP contribution in [0.25, 0.3) is 11.1 Å². The zero-order valence-electron chi connectivity index (χ0n) is 22.2. The molecule has 0 aliphatic carbocycles. The minimum Gasteiger partial charge on any atom is -0.491 e. The Balaban J connectivity index is 1.95. The molecule has 0 saturated carbocycles. The molecular weight excluding hydrogens is 435 g/mol. The smallest absolute Gasteiger partial charge is 0.127 e. The zero-order valence-corrected chi connectivity index (χ0v) is 22.2. The van der Waals surface area contributed by atoms with Gasteiger partial charge in [0.15, 0.2) is 0 Å². The van der Waals surface area contributed by atoms with Gasteiger partial charge in [-0.1, -0.05) is 77.1 Å². The first-order valence-electron chi connectivity index (χ1n) is 12.5. The fraction of sp³-hybridized carbons (Fsp3) is 0.406. The molecule has 3 heteroatoms. The van der Waals surface area contributed by atoms with Gasteiger partial charge in [-0.2, -0.15) is 0 Å². The fourth-order valence-electron chi connectivity index (χ4n) is 4.74. The summed E-state index contributed by atoms with van der Waals surface area (Å²) >= 11 is 0. The maximum atomic E-state index is 14.1. The van der Waals surface area contributed by atoms with Crippen molar-refractivity contribution in [3.63, 3.8) is 0 Å². The van der Waals surface area contributed by atoms with E-state index in [4.69, 9.17) is 11.7 Å². The molecule has 1 unspecified atom stereocenters. The highest BCUT2D eigenvalue weighted by Crippen LogP contribution is 2.42. The van der Waals surface area contributed by atoms with Crippen LogP contribution in [0.5, 0.6) is 5.75 Å². The Bertz CT molecular complexity index is 1170. The maximum Gasteiger partial charge on any atom is 0.127 e. The number of aliphatic hydroxyl groups excluding tert-OH is 1. The molecule has 186 valence electrons. The van der Waals surface area contributed by atoms with E-state index in [2.05, 4.69) is 58.0 Å². The van der Waals surface area contributed by atoms with Gasteiger partial charge in [0.05, 0.1) is 6.10 Å². The summed E-state index contributed by atoms with van der Waals surface area (Å²) < 4.78 is 20.1. The Morgan fingerprint density at radius 3 is 2.00 bits per heavy atom. The van der Waals surface area contributed by atoms with Gasteiger partial charge in [-0.05, 0) is 83.2 Å². The average Bonchev–Trinajstić information content (AvgIpc) is 2.81. The Labute approximate surface area is 211 Å². The van der Waals surface area contributed by atoms with E-state index in [0.29, 0.717) is 0 Å². The van der Waals surface area contributed by atoms with Crippen molar-refractivity contribution in [2.75, 3.05) is 6.61 Å². The molecule has 2 nitrogen and oxygen atoms in total. The van der Waals surface area contributed by atoms with Crippen molar-refractivity contribution in [3.05, 3.63) is 95.2 Å². The molecule has 1 N–H and O–H groups in total. The molecule has 0 aromatic heterocycles. The van der Waals surface area contributed by atoms with Crippen molar-refractivity contribution in [3.8, 4) is 16.9 Å². The molecule has 1 atom stereocenters. The minimum atomic E-state index is -0.539. The quantitative estimate of drug-likeness (QED) is 0.358. The van der Waals surface area contributed by atoms with Gasteiger partial charge < -0.3 is 9.84 Å². The molecule has 0 aliphatic rings. The number of benzene rings is 3. The molecule has 0 fully saturated rings. The third kappa shape index (κ3) is 5.62. The molecule has 0 aliphatic heterocycles. The summed E-state index contributed by atoms with van der Waals surface area (Å²) in [7, 11) is 0. The highest BCUT2D eigenvalue weighted by atomic mass is 19.1. The van der Waals surface area contributed by atoms with E-state index in [-0.39, 0.29) is 23.0 Å². The van der Waals surface area contributed by atoms with Crippen molar-refractivity contribution < 1.29 is 14.2 Å². The number of hydrogen-bond acceptors (Lipinski definition) is 2. The van der Waals surface area contributed by atoms with Crippen LogP contribution in [0.1, 0.15) is 75.3 Å². The third-order valence-corrected chi connectivity index (χ3v) is 7.42. The molecule has 0 amide bonds. The summed E-state index contributed by atoms with van der Waals surface area (Å²) in [6.07, 6.45) is 1.35. The van der Waals surface area contributed by atoms with Gasteiger partial charge in [0, 0.05) is 12.3 Å². The van der Waals surface area contributed by atoms with Crippen LogP contribution in [-0.2, 0) is 5.41 Å². The van der Waals surface area contributed by atoms with Gasteiger partial charge in [0.2, 0.25) is 0 Å². The normalized spacial score (nSPS) is 13.1. The first-order chi connectivity index (χ1) is 16.4. The summed E-state index contributed by atoms with van der Waals surface area (Å²) in [5.41, 5.74) is 6.27. The standard InChI is InChI=1S/C32H39FO2/c1-9-32(10-2,26-14-16-29(23(5)18-26)35-20-30(34)31(6,7)8)25-13-15-27(22(4)17-25)24-12-11-21(3)28(33)19-24/h3,11-19,30,34H,9-10,20H2,1-2,4-8H3. The van der Waals surface area contributed by atoms with Crippen molar-refractivity contribution in [1.82, 2.24) is 0 Å². The average molecular weight is 475 g/mol. The predicted molar refractivity (Wildman–Crippen MR) is 143 cm³/mol. The molecule has 35 heavy (non-hydrogen) atoms. The van der Waals surface area contributed by atoms with Gasteiger partial charge in [-0.25, -0.2) is 4.39 Å². The first kappa shape index (κ1) is 26.9. The second kappa shape index (κ2) is 10.5. The van der Waals surface area contributed by atoms with Crippen LogP contribution < -0.4 is 4.74 Å². The van der Waals surface area contributed by atoms with Crippen LogP contribution >= 0.6 is 0 Å². The van der Waals surface area contributed by atoms with Gasteiger partial charge in [0.1, 0.15) is 18.2 Å². The number of aliphatic hydroxyl groups is 1. The highest BCUT2D eigenvalue weighted by molar-refractivity contribution is 5.68. The molecule has 3 aromatic carbocycles. The van der Waals surface area contributed by atoms with Crippen LogP contribution in [0.3, 0.4) is 0 Å². The Hall–Kier alpha value is -2.65. The van der Waals surface area contributed by atoms with Gasteiger partial charge in [0.25, 0.3) is 0 Å². The summed E-state index contributed by atoms with van der Waals surface area (Å²) in [5.74, 6) is 0.408. The lowest BCUT2D eigenvalue weighted by Crippen LogP contribution is -2.32. The van der Waals surface area contributed by atoms with E-state index in [1.54, 1.807) is 6.07 Å². The van der Waals surface area contributed by atoms with Crippen LogP contribution in [0, 0.1) is 32.0 Å². The van der Waals surface area contributed by atoms with Crippen LogP contribution in [-0.4, -0.2) is 17.8 Å². The van der Waals surface area contributed by atoms with Crippen molar-refractivity contribution in [2.24, 2.45) is 5.41 Å². The predicted octanol–water partition coefficient (Wildman–Crippen LogP) is 8.06. The largest absolute Gasteiger partial charge is 0.491 e. The first-order valence-corrected chi connectivity index (χ1v) is 12.5. The number of halogens is 1. The number of hydrogen-bond donors (Lipinski definition) is 1. The second-order valence-corrected chi connectivity index (χ2v) is 10.7. The topological polar surface area (TPSA) is 29.5 Å². The number of ether oxygens (including phenoxy) is 1. The molecule has 0 heterocycles. The van der Waals surface area contributed by atoms with Gasteiger partial charge in [-0.3, -0.25) is 0 Å². The van der Waals surface area contributed by atoms with Gasteiger partial charge >= 0.3 is 0 Å². The van der Waals surface area contributed by atoms with E-state index >= 15 is 0 Å². The molecule has 0 spiro atoms. The molecule has 2 radical (unpaired) electrons. The van der Waals surface area contributed by atoms with Crippen LogP contribution in [0.4, 0.5) is 4.39 Å². The van der Waals surface area contributed by atoms with E-state index in [9.17, 15) is 9.50 Å². The van der Waals surface area contributed by atoms with Gasteiger partial charge in [-0.15, -0.1) is 0 Å². The van der Waals surface area contributed by atoms with E-state index in [1.807, 2.05) is 32.9 Å². The van der Waals surface area contributed by atoms with Crippen molar-refractivity contribution in [2.45, 2.75) is 72.8 Å². The number of aryl methyl sites for hydroxylation is 2. The minimum absolute atomic E-state index is 0.149. The SMILES string of the molecule is [CH]c1ccc(-c2ccc(C(CC)(CC)c3ccc(OCC(O)C(C)(C)C)c(C)c3)cc2C)cc1F. The van der Waals surface area contributed by atoms with E-state index in [1.165, 1.54) is 17.2 Å². The van der Waals surface area contributed by atoms with Crippen molar-refractivity contribution in [1.29, 1.82) is 0 Å². The van der Waals surface area contributed by atoms with E-state index in [0.717, 1.165) is 40.8 Å². The summed E-state index contributed by atoms with van der Waals surface area (Å²) in [6.45, 7) is 20.5. The molecular formula is C32H39FO2. The third-order valence-electron chi connectivity index (χ3n) is 7.42. The molecule has 0 bridgehead atoms. The summed E-state index contributed by atoms with van der Waals surface area (Å²) in [6, 6.07) is 17.9. The maximum absolute atomic E-state index is 14.1. The lowest BCUT2D eigenvalue weighted by molar-refractivity contribution is 0.0216. The lowest BCUT2D eigenvalue weighted by atomic mass is 9.69. The lowest BCUT2D eigenvalue weighted by Gasteiger charge is -2.34. The monoisotopic (exact) mass is 474 g/mol. The highest BCUT2D eigenvalue weighted by Gasteiger charge is 2.32. The second-order valence-electron chi connectivity index (χ2n) is 10.7. The molecule has 0 saturated heterocycles. The van der Waals surface area contributed by atoms with Crippen molar-refractivity contribution >= 4 is 0 Å². The zero-order chi connectivity index (χ0) is 26.0. The Morgan fingerprint density at radius 2 is 1.49 bits per heavy atom. The van der Waals surface area contributed by atoms with Crippen LogP contribution in [0.15, 0.2) is 54.6 Å². The fourth-order valence-corrected chi connectivity index (χ4v) is 4.74. The molecule has 3 aromatic rings. The van der Waals surface area contributed by atoms with E-state index < -0.39 is 11.9 Å². The Morgan fingerprint density at radius 1 is 0.886 bits per heavy atom. The Kier molecular flexibility index (Phi) is 8.11.